The molecule has 106 valence electrons. The van der Waals surface area contributed by atoms with Gasteiger partial charge in [-0.25, -0.2) is 9.67 Å². The van der Waals surface area contributed by atoms with E-state index in [0.717, 1.165) is 40.0 Å². The normalized spacial score (nSPS) is 14.8. The first kappa shape index (κ1) is 13.8. The van der Waals surface area contributed by atoms with Crippen molar-refractivity contribution in [2.75, 3.05) is 0 Å². The van der Waals surface area contributed by atoms with Crippen LogP contribution < -0.4 is 5.32 Å². The summed E-state index contributed by atoms with van der Waals surface area (Å²) < 4.78 is 2.96. The predicted molar refractivity (Wildman–Crippen MR) is 83.1 cm³/mol. The summed E-state index contributed by atoms with van der Waals surface area (Å²) in [5.74, 6) is 0.892. The highest BCUT2D eigenvalue weighted by Crippen LogP contribution is 2.23. The minimum atomic E-state index is 0.717. The zero-order valence-electron chi connectivity index (χ0n) is 12.1. The second-order valence-corrected chi connectivity index (χ2v) is 6.32. The van der Waals surface area contributed by atoms with Gasteiger partial charge in [-0.15, -0.1) is 0 Å². The molecule has 2 heterocycles. The topological polar surface area (TPSA) is 42.7 Å². The van der Waals surface area contributed by atoms with Crippen LogP contribution in [0.5, 0.6) is 0 Å². The third kappa shape index (κ3) is 2.79. The van der Waals surface area contributed by atoms with Crippen LogP contribution >= 0.6 is 15.9 Å². The van der Waals surface area contributed by atoms with Gasteiger partial charge in [0, 0.05) is 18.3 Å². The lowest BCUT2D eigenvalue weighted by molar-refractivity contribution is 0.684. The van der Waals surface area contributed by atoms with E-state index in [1.165, 1.54) is 18.4 Å². The number of halogens is 1. The molecule has 0 atom stereocenters. The molecule has 1 saturated carbocycles. The van der Waals surface area contributed by atoms with Crippen molar-refractivity contribution >= 4 is 15.9 Å². The Morgan fingerprint density at radius 1 is 1.30 bits per heavy atom. The van der Waals surface area contributed by atoms with Crippen LogP contribution in [0.15, 0.2) is 16.6 Å². The number of rotatable bonds is 4. The number of nitrogens with zero attached hydrogens (tertiary/aromatic N) is 3. The molecule has 0 amide bonds. The maximum atomic E-state index is 4.61. The smallest absolute Gasteiger partial charge is 0.154 e. The molecule has 0 spiro atoms. The molecule has 5 heteroatoms. The molecule has 2 aromatic rings. The van der Waals surface area contributed by atoms with Gasteiger partial charge in [0.2, 0.25) is 0 Å². The van der Waals surface area contributed by atoms with Crippen molar-refractivity contribution in [1.29, 1.82) is 0 Å². The molecule has 0 bridgehead atoms. The van der Waals surface area contributed by atoms with Gasteiger partial charge in [0.25, 0.3) is 0 Å². The Morgan fingerprint density at radius 3 is 2.65 bits per heavy atom. The van der Waals surface area contributed by atoms with E-state index in [4.69, 9.17) is 0 Å². The van der Waals surface area contributed by atoms with Crippen molar-refractivity contribution in [3.63, 3.8) is 0 Å². The molecule has 1 N–H and O–H groups in total. The third-order valence-electron chi connectivity index (χ3n) is 3.59. The Balaban J connectivity index is 1.93. The fourth-order valence-corrected chi connectivity index (χ4v) is 2.58. The van der Waals surface area contributed by atoms with Gasteiger partial charge in [-0.05, 0) is 67.2 Å². The number of hydrogen-bond donors (Lipinski definition) is 1. The fraction of sp³-hybridized carbons (Fsp3) is 0.467. The molecule has 1 aliphatic rings. The van der Waals surface area contributed by atoms with Crippen molar-refractivity contribution in [1.82, 2.24) is 20.1 Å². The average molecular weight is 335 g/mol. The number of hydrogen-bond acceptors (Lipinski definition) is 3. The number of aryl methyl sites for hydroxylation is 2. The Labute approximate surface area is 127 Å². The summed E-state index contributed by atoms with van der Waals surface area (Å²) in [4.78, 5) is 4.61. The lowest BCUT2D eigenvalue weighted by Gasteiger charge is -2.09. The number of nitrogens with one attached hydrogen (secondary N) is 1. The van der Waals surface area contributed by atoms with Crippen LogP contribution in [-0.4, -0.2) is 20.8 Å². The van der Waals surface area contributed by atoms with Crippen LogP contribution in [-0.2, 0) is 6.54 Å². The highest BCUT2D eigenvalue weighted by molar-refractivity contribution is 9.10. The maximum absolute atomic E-state index is 4.61. The molecule has 0 aliphatic heterocycles. The van der Waals surface area contributed by atoms with Crippen LogP contribution in [0, 0.1) is 20.8 Å². The van der Waals surface area contributed by atoms with Gasteiger partial charge in [-0.1, -0.05) is 0 Å². The highest BCUT2D eigenvalue weighted by atomic mass is 79.9. The van der Waals surface area contributed by atoms with Gasteiger partial charge in [0.1, 0.15) is 0 Å². The molecular weight excluding hydrogens is 316 g/mol. The first-order valence-electron chi connectivity index (χ1n) is 6.97. The number of pyridine rings is 1. The lowest BCUT2D eigenvalue weighted by atomic mass is 10.2. The first-order valence-corrected chi connectivity index (χ1v) is 7.77. The molecule has 0 unspecified atom stereocenters. The minimum Gasteiger partial charge on any atom is -0.310 e. The van der Waals surface area contributed by atoms with Crippen molar-refractivity contribution in [3.8, 4) is 5.82 Å². The van der Waals surface area contributed by atoms with Gasteiger partial charge in [0.05, 0.1) is 15.9 Å². The molecular formula is C15H19BrN4. The third-order valence-corrected chi connectivity index (χ3v) is 4.74. The van der Waals surface area contributed by atoms with Crippen LogP contribution in [0.4, 0.5) is 0 Å². The van der Waals surface area contributed by atoms with Gasteiger partial charge in [0.15, 0.2) is 5.82 Å². The quantitative estimate of drug-likeness (QED) is 0.933. The monoisotopic (exact) mass is 334 g/mol. The highest BCUT2D eigenvalue weighted by Gasteiger charge is 2.20. The van der Waals surface area contributed by atoms with Gasteiger partial charge < -0.3 is 5.32 Å². The SMILES string of the molecule is Cc1cc(CNC2CC2)cc(-n2nc(C)c(Br)c2C)n1. The van der Waals surface area contributed by atoms with E-state index in [1.54, 1.807) is 0 Å². The van der Waals surface area contributed by atoms with Gasteiger partial charge in [-0.3, -0.25) is 0 Å². The maximum Gasteiger partial charge on any atom is 0.154 e. The molecule has 1 fully saturated rings. The van der Waals surface area contributed by atoms with E-state index in [1.807, 2.05) is 18.5 Å². The van der Waals surface area contributed by atoms with Crippen molar-refractivity contribution in [2.24, 2.45) is 0 Å². The molecule has 0 saturated heterocycles. The summed E-state index contributed by atoms with van der Waals surface area (Å²) in [5.41, 5.74) is 4.37. The number of aromatic nitrogens is 3. The molecule has 2 aromatic heterocycles. The first-order chi connectivity index (χ1) is 9.54. The summed E-state index contributed by atoms with van der Waals surface area (Å²) in [6.45, 7) is 6.99. The zero-order chi connectivity index (χ0) is 14.3. The largest absolute Gasteiger partial charge is 0.310 e. The Kier molecular flexibility index (Phi) is 3.65. The summed E-state index contributed by atoms with van der Waals surface area (Å²) in [6.07, 6.45) is 2.61. The molecule has 1 aliphatic carbocycles. The lowest BCUT2D eigenvalue weighted by Crippen LogP contribution is -2.16. The Hall–Kier alpha value is -1.20. The summed E-state index contributed by atoms with van der Waals surface area (Å²) in [6, 6.07) is 4.98. The van der Waals surface area contributed by atoms with E-state index in [-0.39, 0.29) is 0 Å². The Morgan fingerprint density at radius 2 is 2.05 bits per heavy atom. The second kappa shape index (κ2) is 5.30. The molecule has 4 nitrogen and oxygen atoms in total. The van der Waals surface area contributed by atoms with Crippen molar-refractivity contribution < 1.29 is 0 Å². The van der Waals surface area contributed by atoms with E-state index in [0.29, 0.717) is 0 Å². The minimum absolute atomic E-state index is 0.717. The summed E-state index contributed by atoms with van der Waals surface area (Å²) >= 11 is 3.57. The fourth-order valence-electron chi connectivity index (χ4n) is 2.33. The van der Waals surface area contributed by atoms with Crippen molar-refractivity contribution in [3.05, 3.63) is 39.3 Å². The standard InChI is InChI=1S/C15H19BrN4/c1-9-6-12(8-17-13-4-5-13)7-14(18-9)20-11(3)15(16)10(2)19-20/h6-7,13,17H,4-5,8H2,1-3H3. The van der Waals surface area contributed by atoms with E-state index >= 15 is 0 Å². The Bertz CT molecular complexity index is 644. The van der Waals surface area contributed by atoms with Gasteiger partial charge in [-0.2, -0.15) is 5.10 Å². The summed E-state index contributed by atoms with van der Waals surface area (Å²) in [5, 5.41) is 8.10. The summed E-state index contributed by atoms with van der Waals surface area (Å²) in [7, 11) is 0. The molecule has 3 rings (SSSR count). The van der Waals surface area contributed by atoms with E-state index < -0.39 is 0 Å². The van der Waals surface area contributed by atoms with E-state index in [2.05, 4.69) is 50.4 Å². The van der Waals surface area contributed by atoms with Gasteiger partial charge >= 0.3 is 0 Å². The molecule has 20 heavy (non-hydrogen) atoms. The second-order valence-electron chi connectivity index (χ2n) is 5.53. The molecule has 0 radical (unpaired) electrons. The van der Waals surface area contributed by atoms with E-state index in [9.17, 15) is 0 Å². The predicted octanol–water partition coefficient (Wildman–Crippen LogP) is 3.21. The molecule has 0 aromatic carbocycles. The van der Waals surface area contributed by atoms with Crippen LogP contribution in [0.3, 0.4) is 0 Å². The van der Waals surface area contributed by atoms with Crippen LogP contribution in [0.2, 0.25) is 0 Å². The average Bonchev–Trinajstić information content (AvgIpc) is 3.20. The van der Waals surface area contributed by atoms with Crippen LogP contribution in [0.1, 0.15) is 35.5 Å². The zero-order valence-corrected chi connectivity index (χ0v) is 13.7. The van der Waals surface area contributed by atoms with Crippen LogP contribution in [0.25, 0.3) is 5.82 Å². The van der Waals surface area contributed by atoms with Crippen molar-refractivity contribution in [2.45, 2.75) is 46.2 Å².